The van der Waals surface area contributed by atoms with Crippen LogP contribution in [0.3, 0.4) is 0 Å². The van der Waals surface area contributed by atoms with Crippen molar-refractivity contribution in [2.24, 2.45) is 15.5 Å². The van der Waals surface area contributed by atoms with E-state index in [0.29, 0.717) is 21.8 Å². The lowest BCUT2D eigenvalue weighted by Gasteiger charge is -2.11. The molecule has 0 aliphatic heterocycles. The lowest BCUT2D eigenvalue weighted by Crippen LogP contribution is -2.01. The van der Waals surface area contributed by atoms with E-state index in [9.17, 15) is 13.0 Å². The first-order valence-electron chi connectivity index (χ1n) is 7.23. The molecule has 132 valence electrons. The number of fused-ring (bicyclic) bond motifs is 1. The molecule has 3 rings (SSSR count). The number of halogens is 1. The Bertz CT molecular complexity index is 1110. The van der Waals surface area contributed by atoms with Crippen LogP contribution in [0.2, 0.25) is 5.02 Å². The van der Waals surface area contributed by atoms with Crippen molar-refractivity contribution in [1.82, 2.24) is 0 Å². The zero-order valence-corrected chi connectivity index (χ0v) is 14.7. The first kappa shape index (κ1) is 17.9. The first-order valence-corrected chi connectivity index (χ1v) is 9.05. The maximum atomic E-state index is 11.8. The Morgan fingerprint density at radius 3 is 2.27 bits per heavy atom. The second-order valence-corrected chi connectivity index (χ2v) is 7.02. The Balaban J connectivity index is 2.24. The van der Waals surface area contributed by atoms with Gasteiger partial charge in [-0.2, -0.15) is 19.1 Å². The molecule has 3 N–H and O–H groups in total. The summed E-state index contributed by atoms with van der Waals surface area (Å²) in [5.41, 5.74) is 10.4. The molecule has 0 aromatic heterocycles. The number of benzene rings is 3. The highest BCUT2D eigenvalue weighted by atomic mass is 35.5. The molecule has 0 aliphatic carbocycles. The van der Waals surface area contributed by atoms with E-state index in [1.54, 1.807) is 42.5 Å². The van der Waals surface area contributed by atoms with Crippen molar-refractivity contribution in [3.05, 3.63) is 59.6 Å². The second kappa shape index (κ2) is 7.16. The minimum Gasteiger partial charge on any atom is -0.282 e. The monoisotopic (exact) mass is 389 g/mol. The largest absolute Gasteiger partial charge is 0.295 e. The van der Waals surface area contributed by atoms with Crippen LogP contribution >= 0.6 is 11.6 Å². The van der Waals surface area contributed by atoms with E-state index in [0.717, 1.165) is 0 Å². The van der Waals surface area contributed by atoms with E-state index >= 15 is 0 Å². The Labute approximate surface area is 153 Å². The third kappa shape index (κ3) is 3.69. The van der Waals surface area contributed by atoms with Crippen LogP contribution in [0.15, 0.2) is 74.9 Å². The van der Waals surface area contributed by atoms with E-state index in [-0.39, 0.29) is 16.0 Å². The summed E-state index contributed by atoms with van der Waals surface area (Å²) in [4.78, 5) is -0.311. The molecule has 8 nitrogen and oxygen atoms in total. The van der Waals surface area contributed by atoms with Crippen LogP contribution in [0.5, 0.6) is 0 Å². The molecule has 0 spiro atoms. The van der Waals surface area contributed by atoms with Gasteiger partial charge in [0.2, 0.25) is 0 Å². The smallest absolute Gasteiger partial charge is 0.282 e. The molecular formula is C16H12ClN5O3S. The summed E-state index contributed by atoms with van der Waals surface area (Å²) in [6.07, 6.45) is 0. The standard InChI is InChI=1S/C16H12ClN5O3S/c17-10-5-7-11(8-6-10)19-20-14-9-15(26(23,24)25)12-3-1-2-4-13(12)16(14)21-22-18/h1-9H,(H2,18,21)(H,23,24,25)/b20-19+. The molecule has 0 atom stereocenters. The fourth-order valence-corrected chi connectivity index (χ4v) is 3.26. The number of hydrogen-bond acceptors (Lipinski definition) is 6. The van der Waals surface area contributed by atoms with Gasteiger partial charge >= 0.3 is 0 Å². The molecule has 10 heteroatoms. The highest BCUT2D eigenvalue weighted by molar-refractivity contribution is 7.86. The van der Waals surface area contributed by atoms with Gasteiger partial charge in [-0.3, -0.25) is 9.98 Å². The highest BCUT2D eigenvalue weighted by Crippen LogP contribution is 2.38. The Kier molecular flexibility index (Phi) is 4.94. The van der Waals surface area contributed by atoms with Crippen LogP contribution in [-0.2, 0) is 10.1 Å². The van der Waals surface area contributed by atoms with Gasteiger partial charge in [0.05, 0.1) is 11.4 Å². The quantitative estimate of drug-likeness (QED) is 0.301. The number of rotatable bonds is 5. The van der Waals surface area contributed by atoms with Crippen LogP contribution in [0.1, 0.15) is 0 Å². The summed E-state index contributed by atoms with van der Waals surface area (Å²) in [7, 11) is -4.50. The van der Waals surface area contributed by atoms with Crippen molar-refractivity contribution in [1.29, 1.82) is 5.53 Å². The molecule has 0 bridgehead atoms. The van der Waals surface area contributed by atoms with E-state index < -0.39 is 10.1 Å². The summed E-state index contributed by atoms with van der Waals surface area (Å²) in [5.74, 6) is 0. The molecule has 3 aromatic carbocycles. The van der Waals surface area contributed by atoms with Gasteiger partial charge in [-0.05, 0) is 30.3 Å². The number of hydrogen-bond donors (Lipinski definition) is 3. The highest BCUT2D eigenvalue weighted by Gasteiger charge is 2.19. The third-order valence-electron chi connectivity index (χ3n) is 3.53. The van der Waals surface area contributed by atoms with E-state index in [1.807, 2.05) is 0 Å². The Hall–Kier alpha value is -2.88. The second-order valence-electron chi connectivity index (χ2n) is 5.19. The molecule has 0 heterocycles. The maximum absolute atomic E-state index is 11.8. The molecule has 26 heavy (non-hydrogen) atoms. The van der Waals surface area contributed by atoms with Crippen LogP contribution in [0.4, 0.5) is 17.1 Å². The van der Waals surface area contributed by atoms with Gasteiger partial charge in [0.1, 0.15) is 10.6 Å². The molecule has 3 aromatic rings. The number of anilines is 1. The molecule has 0 fully saturated rings. The van der Waals surface area contributed by atoms with E-state index in [1.165, 1.54) is 12.1 Å². The van der Waals surface area contributed by atoms with Crippen LogP contribution in [-0.4, -0.2) is 13.0 Å². The van der Waals surface area contributed by atoms with Crippen molar-refractivity contribution in [2.45, 2.75) is 4.90 Å². The fourth-order valence-electron chi connectivity index (χ4n) is 2.41. The molecule has 0 saturated carbocycles. The summed E-state index contributed by atoms with van der Waals surface area (Å²) >= 11 is 5.82. The van der Waals surface area contributed by atoms with Crippen molar-refractivity contribution < 1.29 is 13.0 Å². The molecule has 0 amide bonds. The summed E-state index contributed by atoms with van der Waals surface area (Å²) in [6.45, 7) is 0. The zero-order chi connectivity index (χ0) is 18.7. The minimum atomic E-state index is -4.50. The van der Waals surface area contributed by atoms with E-state index in [2.05, 4.69) is 20.9 Å². The molecule has 0 unspecified atom stereocenters. The van der Waals surface area contributed by atoms with Gasteiger partial charge in [-0.25, -0.2) is 0 Å². The van der Waals surface area contributed by atoms with Crippen LogP contribution in [0, 0.1) is 5.53 Å². The van der Waals surface area contributed by atoms with Crippen molar-refractivity contribution >= 4 is 49.6 Å². The predicted octanol–water partition coefficient (Wildman–Crippen LogP) is 5.51. The summed E-state index contributed by atoms with van der Waals surface area (Å²) in [5, 5.41) is 12.5. The topological polar surface area (TPSA) is 127 Å². The minimum absolute atomic E-state index is 0.0993. The van der Waals surface area contributed by atoms with Crippen molar-refractivity contribution in [2.75, 3.05) is 5.43 Å². The number of nitrogens with zero attached hydrogens (tertiary/aromatic N) is 3. The normalized spacial score (nSPS) is 11.8. The van der Waals surface area contributed by atoms with Gasteiger partial charge in [0, 0.05) is 15.8 Å². The van der Waals surface area contributed by atoms with Crippen LogP contribution < -0.4 is 5.43 Å². The first-order chi connectivity index (χ1) is 12.4. The predicted molar refractivity (Wildman–Crippen MR) is 98.2 cm³/mol. The van der Waals surface area contributed by atoms with Gasteiger partial charge in [-0.1, -0.05) is 41.1 Å². The van der Waals surface area contributed by atoms with Gasteiger partial charge in [0.15, 0.2) is 0 Å². The lowest BCUT2D eigenvalue weighted by molar-refractivity contribution is 0.484. The lowest BCUT2D eigenvalue weighted by atomic mass is 10.1. The van der Waals surface area contributed by atoms with Gasteiger partial charge < -0.3 is 0 Å². The Morgan fingerprint density at radius 1 is 1.00 bits per heavy atom. The van der Waals surface area contributed by atoms with Gasteiger partial charge in [0.25, 0.3) is 10.1 Å². The summed E-state index contributed by atoms with van der Waals surface area (Å²) < 4.78 is 33.1. The van der Waals surface area contributed by atoms with Crippen molar-refractivity contribution in [3.8, 4) is 0 Å². The van der Waals surface area contributed by atoms with Gasteiger partial charge in [-0.15, -0.1) is 5.11 Å². The molecule has 0 radical (unpaired) electrons. The summed E-state index contributed by atoms with van der Waals surface area (Å²) in [6, 6.07) is 14.2. The SMILES string of the molecule is N=NNc1c(/N=N/c2ccc(Cl)cc2)cc(S(=O)(=O)O)c2ccccc12. The zero-order valence-electron chi connectivity index (χ0n) is 13.1. The fraction of sp³-hybridized carbons (Fsp3) is 0. The maximum Gasteiger partial charge on any atom is 0.295 e. The number of azo groups is 1. The number of nitrogens with one attached hydrogen (secondary N) is 2. The average Bonchev–Trinajstić information content (AvgIpc) is 2.61. The average molecular weight is 390 g/mol. The van der Waals surface area contributed by atoms with E-state index in [4.69, 9.17) is 17.1 Å². The van der Waals surface area contributed by atoms with Crippen molar-refractivity contribution in [3.63, 3.8) is 0 Å². The molecular weight excluding hydrogens is 378 g/mol. The third-order valence-corrected chi connectivity index (χ3v) is 4.68. The molecule has 0 aliphatic rings. The molecule has 0 saturated heterocycles. The van der Waals surface area contributed by atoms with Crippen LogP contribution in [0.25, 0.3) is 10.8 Å². The Morgan fingerprint density at radius 2 is 1.65 bits per heavy atom.